The lowest BCUT2D eigenvalue weighted by Gasteiger charge is -2.38. The van der Waals surface area contributed by atoms with Crippen molar-refractivity contribution in [1.29, 1.82) is 0 Å². The number of rotatable bonds is 5. The van der Waals surface area contributed by atoms with E-state index in [0.717, 1.165) is 15.3 Å². The molecule has 1 saturated heterocycles. The van der Waals surface area contributed by atoms with Crippen LogP contribution in [0.5, 0.6) is 0 Å². The Labute approximate surface area is 171 Å². The largest absolute Gasteiger partial charge is 0.455 e. The molecule has 2 heterocycles. The highest BCUT2D eigenvalue weighted by Crippen LogP contribution is 2.32. The van der Waals surface area contributed by atoms with Gasteiger partial charge in [0.2, 0.25) is 0 Å². The number of hydrogen-bond donors (Lipinski definition) is 0. The molecule has 1 aromatic heterocycles. The minimum absolute atomic E-state index is 0.110. The third-order valence-corrected chi connectivity index (χ3v) is 7.98. The van der Waals surface area contributed by atoms with Gasteiger partial charge in [-0.05, 0) is 50.2 Å². The van der Waals surface area contributed by atoms with Crippen LogP contribution >= 0.6 is 11.3 Å². The summed E-state index contributed by atoms with van der Waals surface area (Å²) in [5.74, 6) is -0.855. The summed E-state index contributed by atoms with van der Waals surface area (Å²) in [5, 5.41) is 0.180. The molecule has 0 spiro atoms. The SMILES string of the molecule is CC(C)S(=O)(=O)c1cccc(C(=O)OC2CN(c3nc4ccc(F)cc4s3)C2)c1. The first-order valence-corrected chi connectivity index (χ1v) is 11.5. The highest BCUT2D eigenvalue weighted by atomic mass is 32.2. The third-order valence-electron chi connectivity index (χ3n) is 4.75. The number of fused-ring (bicyclic) bond motifs is 1. The van der Waals surface area contributed by atoms with E-state index in [1.165, 1.54) is 35.6 Å². The number of halogens is 1. The Morgan fingerprint density at radius 2 is 2.00 bits per heavy atom. The van der Waals surface area contributed by atoms with Crippen molar-refractivity contribution in [1.82, 2.24) is 4.98 Å². The maximum Gasteiger partial charge on any atom is 0.338 e. The summed E-state index contributed by atoms with van der Waals surface area (Å²) < 4.78 is 44.2. The first kappa shape index (κ1) is 19.8. The summed E-state index contributed by atoms with van der Waals surface area (Å²) in [6.45, 7) is 4.16. The van der Waals surface area contributed by atoms with Crippen molar-refractivity contribution in [3.8, 4) is 0 Å². The van der Waals surface area contributed by atoms with Gasteiger partial charge in [0.25, 0.3) is 0 Å². The zero-order valence-corrected chi connectivity index (χ0v) is 17.5. The van der Waals surface area contributed by atoms with Crippen LogP contribution in [-0.4, -0.2) is 43.8 Å². The van der Waals surface area contributed by atoms with E-state index in [-0.39, 0.29) is 22.4 Å². The number of thiazole rings is 1. The summed E-state index contributed by atoms with van der Waals surface area (Å²) in [4.78, 5) is 19.0. The lowest BCUT2D eigenvalue weighted by atomic mass is 10.2. The van der Waals surface area contributed by atoms with Gasteiger partial charge in [0.15, 0.2) is 15.0 Å². The smallest absolute Gasteiger partial charge is 0.338 e. The number of nitrogens with zero attached hydrogens (tertiary/aromatic N) is 2. The van der Waals surface area contributed by atoms with E-state index < -0.39 is 21.1 Å². The molecular weight excluding hydrogens is 415 g/mol. The lowest BCUT2D eigenvalue weighted by Crippen LogP contribution is -2.53. The summed E-state index contributed by atoms with van der Waals surface area (Å²) in [5.41, 5.74) is 0.940. The first-order chi connectivity index (χ1) is 13.7. The Kier molecular flexibility index (Phi) is 5.04. The van der Waals surface area contributed by atoms with E-state index in [2.05, 4.69) is 4.98 Å². The number of carbonyl (C=O) groups excluding carboxylic acids is 1. The summed E-state index contributed by atoms with van der Waals surface area (Å²) in [7, 11) is -3.46. The van der Waals surface area contributed by atoms with E-state index in [9.17, 15) is 17.6 Å². The lowest BCUT2D eigenvalue weighted by molar-refractivity contribution is 0.0234. The van der Waals surface area contributed by atoms with Gasteiger partial charge in [-0.2, -0.15) is 0 Å². The van der Waals surface area contributed by atoms with E-state index in [0.29, 0.717) is 13.1 Å². The Hall–Kier alpha value is -2.52. The number of carbonyl (C=O) groups is 1. The van der Waals surface area contributed by atoms with Gasteiger partial charge < -0.3 is 9.64 Å². The Balaban J connectivity index is 1.40. The van der Waals surface area contributed by atoms with Crippen molar-refractivity contribution in [2.24, 2.45) is 0 Å². The average molecular weight is 435 g/mol. The van der Waals surface area contributed by atoms with Gasteiger partial charge >= 0.3 is 5.97 Å². The molecule has 6 nitrogen and oxygen atoms in total. The minimum Gasteiger partial charge on any atom is -0.455 e. The minimum atomic E-state index is -3.46. The molecule has 1 fully saturated rings. The van der Waals surface area contributed by atoms with Crippen LogP contribution in [0.4, 0.5) is 9.52 Å². The van der Waals surface area contributed by atoms with E-state index in [1.54, 1.807) is 32.0 Å². The zero-order chi connectivity index (χ0) is 20.8. The number of ether oxygens (including phenoxy) is 1. The first-order valence-electron chi connectivity index (χ1n) is 9.10. The number of hydrogen-bond acceptors (Lipinski definition) is 7. The molecular formula is C20H19FN2O4S2. The number of sulfone groups is 1. The summed E-state index contributed by atoms with van der Waals surface area (Å²) >= 11 is 1.39. The number of esters is 1. The predicted molar refractivity (Wildman–Crippen MR) is 110 cm³/mol. The van der Waals surface area contributed by atoms with Gasteiger partial charge in [0.1, 0.15) is 11.9 Å². The van der Waals surface area contributed by atoms with Crippen molar-refractivity contribution in [3.05, 3.63) is 53.8 Å². The quantitative estimate of drug-likeness (QED) is 0.571. The molecule has 4 rings (SSSR count). The molecule has 0 N–H and O–H groups in total. The molecule has 0 radical (unpaired) electrons. The molecule has 0 unspecified atom stereocenters. The predicted octanol–water partition coefficient (Wildman–Crippen LogP) is 3.66. The van der Waals surface area contributed by atoms with Crippen LogP contribution in [0.15, 0.2) is 47.4 Å². The standard InChI is InChI=1S/C20H19FN2O4S2/c1-12(2)29(25,26)16-5-3-4-13(8-16)19(24)27-15-10-23(11-15)20-22-17-7-6-14(21)9-18(17)28-20/h3-9,12,15H,10-11H2,1-2H3. The van der Waals surface area contributed by atoms with E-state index >= 15 is 0 Å². The molecule has 2 aromatic carbocycles. The molecule has 0 saturated carbocycles. The van der Waals surface area contributed by atoms with Crippen molar-refractivity contribution < 1.29 is 22.3 Å². The van der Waals surface area contributed by atoms with Crippen molar-refractivity contribution >= 4 is 42.5 Å². The third kappa shape index (κ3) is 3.84. The molecule has 0 atom stereocenters. The zero-order valence-electron chi connectivity index (χ0n) is 15.8. The maximum absolute atomic E-state index is 13.3. The normalized spacial score (nSPS) is 15.0. The topological polar surface area (TPSA) is 76.6 Å². The fourth-order valence-corrected chi connectivity index (χ4v) is 5.09. The van der Waals surface area contributed by atoms with Crippen LogP contribution in [-0.2, 0) is 14.6 Å². The van der Waals surface area contributed by atoms with Gasteiger partial charge in [0.05, 0.1) is 39.0 Å². The van der Waals surface area contributed by atoms with E-state index in [4.69, 9.17) is 4.74 Å². The number of anilines is 1. The van der Waals surface area contributed by atoms with Crippen LogP contribution in [0.3, 0.4) is 0 Å². The average Bonchev–Trinajstić information content (AvgIpc) is 3.06. The van der Waals surface area contributed by atoms with Crippen LogP contribution in [0.2, 0.25) is 0 Å². The van der Waals surface area contributed by atoms with E-state index in [1.807, 2.05) is 4.90 Å². The maximum atomic E-state index is 13.3. The van der Waals surface area contributed by atoms with Crippen molar-refractivity contribution in [2.75, 3.05) is 18.0 Å². The second kappa shape index (κ2) is 7.38. The van der Waals surface area contributed by atoms with Crippen molar-refractivity contribution in [3.63, 3.8) is 0 Å². The molecule has 152 valence electrons. The Bertz CT molecular complexity index is 1180. The Morgan fingerprint density at radius 1 is 1.24 bits per heavy atom. The number of benzene rings is 2. The molecule has 0 bridgehead atoms. The highest BCUT2D eigenvalue weighted by Gasteiger charge is 2.32. The van der Waals surface area contributed by atoms with Gasteiger partial charge in [-0.15, -0.1) is 0 Å². The van der Waals surface area contributed by atoms with Crippen LogP contribution < -0.4 is 4.90 Å². The summed E-state index contributed by atoms with van der Waals surface area (Å²) in [6.07, 6.45) is -0.309. The van der Waals surface area contributed by atoms with Gasteiger partial charge in [-0.1, -0.05) is 17.4 Å². The second-order valence-corrected chi connectivity index (χ2v) is 10.7. The molecule has 29 heavy (non-hydrogen) atoms. The van der Waals surface area contributed by atoms with Crippen LogP contribution in [0.1, 0.15) is 24.2 Å². The molecule has 1 aliphatic rings. The van der Waals surface area contributed by atoms with Gasteiger partial charge in [-0.3, -0.25) is 0 Å². The molecule has 3 aromatic rings. The second-order valence-electron chi connectivity index (χ2n) is 7.16. The number of aromatic nitrogens is 1. The Morgan fingerprint density at radius 3 is 2.72 bits per heavy atom. The molecule has 0 amide bonds. The molecule has 9 heteroatoms. The molecule has 0 aliphatic carbocycles. The monoisotopic (exact) mass is 434 g/mol. The van der Waals surface area contributed by atoms with Gasteiger partial charge in [0, 0.05) is 0 Å². The summed E-state index contributed by atoms with van der Waals surface area (Å²) in [6, 6.07) is 10.4. The van der Waals surface area contributed by atoms with Gasteiger partial charge in [-0.25, -0.2) is 22.6 Å². The van der Waals surface area contributed by atoms with Crippen LogP contribution in [0, 0.1) is 5.82 Å². The highest BCUT2D eigenvalue weighted by molar-refractivity contribution is 7.92. The fourth-order valence-electron chi connectivity index (χ4n) is 2.98. The molecule has 1 aliphatic heterocycles. The fraction of sp³-hybridized carbons (Fsp3) is 0.300. The van der Waals surface area contributed by atoms with Crippen molar-refractivity contribution in [2.45, 2.75) is 30.1 Å². The van der Waals surface area contributed by atoms with Crippen LogP contribution in [0.25, 0.3) is 10.2 Å².